The molecule has 1 aromatic carbocycles. The number of nitrogens with one attached hydrogen (secondary N) is 1. The number of hydrogen-bond donors (Lipinski definition) is 2. The van der Waals surface area contributed by atoms with Crippen LogP contribution in [0.3, 0.4) is 0 Å². The van der Waals surface area contributed by atoms with Gasteiger partial charge in [0.25, 0.3) is 0 Å². The molecule has 0 amide bonds. The number of rotatable bonds is 2. The Kier molecular flexibility index (Phi) is 2.87. The second kappa shape index (κ2) is 4.31. The summed E-state index contributed by atoms with van der Waals surface area (Å²) in [5.74, 6) is 0.653. The number of nitrogens with two attached hydrogens (primary N) is 1. The summed E-state index contributed by atoms with van der Waals surface area (Å²) < 4.78 is 0. The van der Waals surface area contributed by atoms with Crippen LogP contribution in [0.5, 0.6) is 0 Å². The highest BCUT2D eigenvalue weighted by atomic mass is 32.2. The highest BCUT2D eigenvalue weighted by molar-refractivity contribution is 8.13. The van der Waals surface area contributed by atoms with Crippen LogP contribution in [0.2, 0.25) is 0 Å². The number of para-hydroxylation sites is 1. The lowest BCUT2D eigenvalue weighted by molar-refractivity contribution is 1.23. The molecule has 2 rings (SSSR count). The Morgan fingerprint density at radius 3 is 2.87 bits per heavy atom. The molecule has 0 unspecified atom stereocenters. The predicted octanol–water partition coefficient (Wildman–Crippen LogP) is 2.36. The molecule has 0 saturated carbocycles. The van der Waals surface area contributed by atoms with Gasteiger partial charge in [0.05, 0.1) is 11.2 Å². The number of amidine groups is 1. The van der Waals surface area contributed by atoms with Crippen LogP contribution >= 0.6 is 11.8 Å². The van der Waals surface area contributed by atoms with Gasteiger partial charge in [0, 0.05) is 11.1 Å². The Morgan fingerprint density at radius 1 is 1.27 bits per heavy atom. The summed E-state index contributed by atoms with van der Waals surface area (Å²) in [7, 11) is 0. The molecule has 0 saturated heterocycles. The van der Waals surface area contributed by atoms with Gasteiger partial charge in [0.1, 0.15) is 0 Å². The van der Waals surface area contributed by atoms with Gasteiger partial charge in [-0.3, -0.25) is 10.4 Å². The van der Waals surface area contributed by atoms with Gasteiger partial charge in [-0.2, -0.15) is 0 Å². The molecule has 76 valence electrons. The number of benzene rings is 1. The largest absolute Gasteiger partial charge is 0.379 e. The number of nitrogens with zero attached hydrogens (tertiary/aromatic N) is 1. The molecule has 0 aliphatic rings. The highest BCUT2D eigenvalue weighted by Gasteiger charge is 1.99. The summed E-state index contributed by atoms with van der Waals surface area (Å²) >= 11 is 1.29. The van der Waals surface area contributed by atoms with Gasteiger partial charge in [0.2, 0.25) is 0 Å². The lowest BCUT2D eigenvalue weighted by Gasteiger charge is -2.01. The van der Waals surface area contributed by atoms with E-state index in [9.17, 15) is 0 Å². The van der Waals surface area contributed by atoms with Crippen LogP contribution in [0.4, 0.5) is 0 Å². The van der Waals surface area contributed by atoms with Crippen molar-refractivity contribution >= 4 is 27.8 Å². The number of pyridine rings is 1. The van der Waals surface area contributed by atoms with E-state index in [1.165, 1.54) is 11.8 Å². The van der Waals surface area contributed by atoms with E-state index in [1.807, 2.05) is 36.4 Å². The third kappa shape index (κ3) is 2.47. The Morgan fingerprint density at radius 2 is 2.07 bits per heavy atom. The van der Waals surface area contributed by atoms with Crippen LogP contribution in [0, 0.1) is 5.41 Å². The molecule has 0 atom stereocenters. The van der Waals surface area contributed by atoms with Crippen LogP contribution in [0.25, 0.3) is 10.9 Å². The minimum atomic E-state index is 0.130. The minimum absolute atomic E-state index is 0.130. The van der Waals surface area contributed by atoms with Crippen molar-refractivity contribution in [3.63, 3.8) is 0 Å². The Labute approximate surface area is 92.2 Å². The summed E-state index contributed by atoms with van der Waals surface area (Å²) in [6.07, 6.45) is 0. The maximum atomic E-state index is 7.12. The van der Waals surface area contributed by atoms with E-state index < -0.39 is 0 Å². The van der Waals surface area contributed by atoms with Crippen molar-refractivity contribution in [3.05, 3.63) is 42.1 Å². The van der Waals surface area contributed by atoms with Crippen molar-refractivity contribution in [2.24, 2.45) is 5.73 Å². The Hall–Kier alpha value is -1.55. The Balaban J connectivity index is 2.26. The van der Waals surface area contributed by atoms with E-state index >= 15 is 0 Å². The van der Waals surface area contributed by atoms with Crippen molar-refractivity contribution in [3.8, 4) is 0 Å². The highest BCUT2D eigenvalue weighted by Crippen LogP contribution is 2.15. The minimum Gasteiger partial charge on any atom is -0.379 e. The molecule has 2 aromatic rings. The average Bonchev–Trinajstić information content (AvgIpc) is 2.26. The summed E-state index contributed by atoms with van der Waals surface area (Å²) in [6.45, 7) is 0. The molecule has 1 heterocycles. The van der Waals surface area contributed by atoms with E-state index in [0.29, 0.717) is 5.75 Å². The monoisotopic (exact) mass is 217 g/mol. The van der Waals surface area contributed by atoms with E-state index in [1.54, 1.807) is 0 Å². The van der Waals surface area contributed by atoms with E-state index in [0.717, 1.165) is 16.6 Å². The molecule has 0 fully saturated rings. The van der Waals surface area contributed by atoms with Gasteiger partial charge in [-0.1, -0.05) is 36.0 Å². The topological polar surface area (TPSA) is 62.8 Å². The van der Waals surface area contributed by atoms with Gasteiger partial charge in [-0.05, 0) is 12.1 Å². The molecule has 3 N–H and O–H groups in total. The first-order chi connectivity index (χ1) is 7.25. The Bertz CT molecular complexity index is 496. The molecule has 1 aromatic heterocycles. The van der Waals surface area contributed by atoms with Crippen LogP contribution in [-0.2, 0) is 5.75 Å². The zero-order valence-corrected chi connectivity index (χ0v) is 8.92. The predicted molar refractivity (Wildman–Crippen MR) is 65.0 cm³/mol. The number of hydrogen-bond acceptors (Lipinski definition) is 3. The maximum Gasteiger partial charge on any atom is 0.151 e. The summed E-state index contributed by atoms with van der Waals surface area (Å²) in [4.78, 5) is 4.47. The molecule has 15 heavy (non-hydrogen) atoms. The quantitative estimate of drug-likeness (QED) is 0.599. The fourth-order valence-electron chi connectivity index (χ4n) is 1.34. The molecule has 0 aliphatic carbocycles. The van der Waals surface area contributed by atoms with Crippen molar-refractivity contribution in [1.82, 2.24) is 4.98 Å². The zero-order chi connectivity index (χ0) is 10.7. The van der Waals surface area contributed by atoms with Gasteiger partial charge in [-0.15, -0.1) is 0 Å². The first-order valence-corrected chi connectivity index (χ1v) is 5.56. The SMILES string of the molecule is N=C(N)SCc1ccc2ccccc2n1. The lowest BCUT2D eigenvalue weighted by Crippen LogP contribution is -2.04. The lowest BCUT2D eigenvalue weighted by atomic mass is 10.2. The zero-order valence-electron chi connectivity index (χ0n) is 8.10. The van der Waals surface area contributed by atoms with Crippen LogP contribution in [-0.4, -0.2) is 10.2 Å². The number of aromatic nitrogens is 1. The number of thioether (sulfide) groups is 1. The first-order valence-electron chi connectivity index (χ1n) is 4.57. The van der Waals surface area contributed by atoms with Gasteiger partial charge in [-0.25, -0.2) is 0 Å². The van der Waals surface area contributed by atoms with Gasteiger partial charge >= 0.3 is 0 Å². The van der Waals surface area contributed by atoms with Crippen molar-refractivity contribution in [1.29, 1.82) is 5.41 Å². The van der Waals surface area contributed by atoms with E-state index in [-0.39, 0.29) is 5.17 Å². The molecule has 0 bridgehead atoms. The van der Waals surface area contributed by atoms with Crippen molar-refractivity contribution in [2.75, 3.05) is 0 Å². The normalized spacial score (nSPS) is 10.4. The molecule has 4 heteroatoms. The molecular formula is C11H11N3S. The standard InChI is InChI=1S/C11H11N3S/c12-11(13)15-7-9-6-5-8-3-1-2-4-10(8)14-9/h1-6H,7H2,(H3,12,13). The van der Waals surface area contributed by atoms with Crippen molar-refractivity contribution < 1.29 is 0 Å². The first kappa shape index (κ1) is 9.98. The van der Waals surface area contributed by atoms with Crippen LogP contribution in [0.1, 0.15) is 5.69 Å². The third-order valence-electron chi connectivity index (χ3n) is 2.03. The molecule has 0 aliphatic heterocycles. The molecule has 0 radical (unpaired) electrons. The molecular weight excluding hydrogens is 206 g/mol. The fourth-order valence-corrected chi connectivity index (χ4v) is 1.80. The smallest absolute Gasteiger partial charge is 0.151 e. The van der Waals surface area contributed by atoms with Crippen LogP contribution in [0.15, 0.2) is 36.4 Å². The summed E-state index contributed by atoms with van der Waals surface area (Å²) in [5.41, 5.74) is 7.21. The average molecular weight is 217 g/mol. The van der Waals surface area contributed by atoms with Gasteiger partial charge in [0.15, 0.2) is 5.17 Å². The molecule has 3 nitrogen and oxygen atoms in total. The van der Waals surface area contributed by atoms with E-state index in [2.05, 4.69) is 4.98 Å². The van der Waals surface area contributed by atoms with Crippen LogP contribution < -0.4 is 5.73 Å². The third-order valence-corrected chi connectivity index (χ3v) is 2.78. The maximum absolute atomic E-state index is 7.12. The fraction of sp³-hybridized carbons (Fsp3) is 0.0909. The second-order valence-corrected chi connectivity index (χ2v) is 4.17. The second-order valence-electron chi connectivity index (χ2n) is 3.15. The van der Waals surface area contributed by atoms with Gasteiger partial charge < -0.3 is 5.73 Å². The summed E-state index contributed by atoms with van der Waals surface area (Å²) in [5, 5.41) is 8.38. The van der Waals surface area contributed by atoms with E-state index in [4.69, 9.17) is 11.1 Å². The number of fused-ring (bicyclic) bond motifs is 1. The van der Waals surface area contributed by atoms with Crippen molar-refractivity contribution in [2.45, 2.75) is 5.75 Å². The summed E-state index contributed by atoms with van der Waals surface area (Å²) in [6, 6.07) is 12.0. The molecule has 0 spiro atoms.